The molecule has 4 heteroatoms. The summed E-state index contributed by atoms with van der Waals surface area (Å²) in [6.45, 7) is 1.76. The molecule has 0 aliphatic heterocycles. The Labute approximate surface area is 110 Å². The third kappa shape index (κ3) is 1.80. The van der Waals surface area contributed by atoms with Gasteiger partial charge in [-0.3, -0.25) is 0 Å². The highest BCUT2D eigenvalue weighted by atomic mass is 16.4. The van der Waals surface area contributed by atoms with Crippen LogP contribution in [0.1, 0.15) is 18.5 Å². The fraction of sp³-hybridized carbons (Fsp3) is 0.133. The predicted molar refractivity (Wildman–Crippen MR) is 75.8 cm³/mol. The van der Waals surface area contributed by atoms with Crippen LogP contribution in [0.2, 0.25) is 0 Å². The van der Waals surface area contributed by atoms with E-state index in [0.29, 0.717) is 16.5 Å². The van der Waals surface area contributed by atoms with E-state index < -0.39 is 5.63 Å². The van der Waals surface area contributed by atoms with Crippen LogP contribution in [-0.2, 0) is 0 Å². The fourth-order valence-electron chi connectivity index (χ4n) is 2.26. The Morgan fingerprint density at radius 2 is 1.79 bits per heavy atom. The molecule has 0 fully saturated rings. The molecule has 1 N–H and O–H groups in total. The van der Waals surface area contributed by atoms with Crippen molar-refractivity contribution in [3.63, 3.8) is 0 Å². The summed E-state index contributed by atoms with van der Waals surface area (Å²) in [7, 11) is 5.77. The molecule has 3 nitrogen and oxygen atoms in total. The molecule has 1 heterocycles. The van der Waals surface area contributed by atoms with Gasteiger partial charge in [0.1, 0.15) is 11.5 Å². The quantitative estimate of drug-likeness (QED) is 0.533. The van der Waals surface area contributed by atoms with Gasteiger partial charge in [-0.1, -0.05) is 31.2 Å². The fourth-order valence-corrected chi connectivity index (χ4v) is 2.26. The normalized spacial score (nSPS) is 12.9. The average molecular weight is 250 g/mol. The molecule has 2 aromatic carbocycles. The van der Waals surface area contributed by atoms with Gasteiger partial charge in [-0.25, -0.2) is 4.79 Å². The minimum atomic E-state index is -0.481. The van der Waals surface area contributed by atoms with Gasteiger partial charge >= 0.3 is 5.63 Å². The van der Waals surface area contributed by atoms with Crippen molar-refractivity contribution in [2.24, 2.45) is 0 Å². The highest BCUT2D eigenvalue weighted by Gasteiger charge is 2.12. The zero-order valence-electron chi connectivity index (χ0n) is 10.4. The van der Waals surface area contributed by atoms with Crippen molar-refractivity contribution in [2.45, 2.75) is 12.7 Å². The average Bonchev–Trinajstić information content (AvgIpc) is 2.40. The number of benzene rings is 2. The van der Waals surface area contributed by atoms with Crippen molar-refractivity contribution >= 4 is 29.4 Å². The standard InChI is InChI=1S/C15H11BO3/c1-8(16)14-7-11-9-4-2-3-5-10(9)13(17)6-12(11)15(18)19-14/h2-8,17H,1H3. The van der Waals surface area contributed by atoms with Crippen LogP contribution >= 0.6 is 0 Å². The minimum Gasteiger partial charge on any atom is -0.507 e. The van der Waals surface area contributed by atoms with Crippen LogP contribution in [-0.4, -0.2) is 13.0 Å². The Hall–Kier alpha value is -2.23. The lowest BCUT2D eigenvalue weighted by atomic mass is 9.86. The molecule has 0 aliphatic carbocycles. The first-order valence-electron chi connectivity index (χ1n) is 6.02. The second-order valence-electron chi connectivity index (χ2n) is 4.63. The lowest BCUT2D eigenvalue weighted by Gasteiger charge is -2.09. The Bertz CT molecular complexity index is 834. The number of hydrogen-bond donors (Lipinski definition) is 1. The molecule has 1 unspecified atom stereocenters. The van der Waals surface area contributed by atoms with Crippen LogP contribution < -0.4 is 5.63 Å². The summed E-state index contributed by atoms with van der Waals surface area (Å²) < 4.78 is 5.16. The second-order valence-corrected chi connectivity index (χ2v) is 4.63. The molecule has 92 valence electrons. The summed E-state index contributed by atoms with van der Waals surface area (Å²) in [5.74, 6) is 0.155. The van der Waals surface area contributed by atoms with Crippen molar-refractivity contribution in [2.75, 3.05) is 0 Å². The Balaban J connectivity index is 2.56. The number of aromatic hydroxyl groups is 1. The van der Waals surface area contributed by atoms with Crippen molar-refractivity contribution in [3.05, 3.63) is 52.6 Å². The van der Waals surface area contributed by atoms with E-state index in [9.17, 15) is 9.90 Å². The SMILES string of the molecule is [B]C(C)c1cc2c(cc(O)c3ccccc32)c(=O)o1. The zero-order valence-corrected chi connectivity index (χ0v) is 10.4. The molecule has 3 aromatic rings. The molecule has 2 radical (unpaired) electrons. The number of phenolic OH excluding ortho intramolecular Hbond substituents is 1. The molecule has 0 amide bonds. The summed E-state index contributed by atoms with van der Waals surface area (Å²) in [6.07, 6.45) is 0. The molecule has 19 heavy (non-hydrogen) atoms. The van der Waals surface area contributed by atoms with Gasteiger partial charge in [-0.05, 0) is 23.3 Å². The molecule has 3 rings (SSSR count). The van der Waals surface area contributed by atoms with E-state index >= 15 is 0 Å². The van der Waals surface area contributed by atoms with Crippen molar-refractivity contribution in [1.82, 2.24) is 0 Å². The maximum Gasteiger partial charge on any atom is 0.343 e. The Morgan fingerprint density at radius 3 is 2.47 bits per heavy atom. The van der Waals surface area contributed by atoms with Crippen molar-refractivity contribution in [1.29, 1.82) is 0 Å². The van der Waals surface area contributed by atoms with Gasteiger partial charge in [-0.15, -0.1) is 0 Å². The van der Waals surface area contributed by atoms with Crippen molar-refractivity contribution in [3.8, 4) is 5.75 Å². The van der Waals surface area contributed by atoms with E-state index in [2.05, 4.69) is 0 Å². The summed E-state index contributed by atoms with van der Waals surface area (Å²) in [5.41, 5.74) is -0.481. The predicted octanol–water partition coefficient (Wildman–Crippen LogP) is 2.88. The number of phenols is 1. The van der Waals surface area contributed by atoms with Crippen LogP contribution in [0.5, 0.6) is 5.75 Å². The smallest absolute Gasteiger partial charge is 0.343 e. The number of fused-ring (bicyclic) bond motifs is 3. The van der Waals surface area contributed by atoms with Crippen LogP contribution in [0.3, 0.4) is 0 Å². The molecular weight excluding hydrogens is 239 g/mol. The van der Waals surface area contributed by atoms with E-state index in [4.69, 9.17) is 12.3 Å². The molecule has 0 bridgehead atoms. The third-order valence-corrected chi connectivity index (χ3v) is 3.23. The van der Waals surface area contributed by atoms with E-state index in [1.54, 1.807) is 13.0 Å². The van der Waals surface area contributed by atoms with E-state index in [1.807, 2.05) is 24.3 Å². The zero-order chi connectivity index (χ0) is 13.6. The van der Waals surface area contributed by atoms with E-state index in [-0.39, 0.29) is 11.6 Å². The van der Waals surface area contributed by atoms with Gasteiger partial charge in [0.05, 0.1) is 13.2 Å². The van der Waals surface area contributed by atoms with E-state index in [1.165, 1.54) is 6.07 Å². The van der Waals surface area contributed by atoms with Crippen LogP contribution in [0.25, 0.3) is 21.5 Å². The van der Waals surface area contributed by atoms with Gasteiger partial charge in [0.25, 0.3) is 0 Å². The monoisotopic (exact) mass is 250 g/mol. The summed E-state index contributed by atoms with van der Waals surface area (Å²) in [4.78, 5) is 12.0. The van der Waals surface area contributed by atoms with Crippen LogP contribution in [0, 0.1) is 0 Å². The summed E-state index contributed by atoms with van der Waals surface area (Å²) in [5, 5.41) is 12.6. The van der Waals surface area contributed by atoms with Gasteiger partial charge in [-0.2, -0.15) is 0 Å². The second kappa shape index (κ2) is 4.16. The number of rotatable bonds is 1. The first-order chi connectivity index (χ1) is 9.08. The highest BCUT2D eigenvalue weighted by molar-refractivity contribution is 6.13. The lowest BCUT2D eigenvalue weighted by molar-refractivity contribution is 0.465. The van der Waals surface area contributed by atoms with Gasteiger partial charge in [0.15, 0.2) is 0 Å². The third-order valence-electron chi connectivity index (χ3n) is 3.23. The largest absolute Gasteiger partial charge is 0.507 e. The molecule has 0 spiro atoms. The van der Waals surface area contributed by atoms with Crippen molar-refractivity contribution < 1.29 is 9.52 Å². The number of hydrogen-bond acceptors (Lipinski definition) is 3. The molecule has 1 aromatic heterocycles. The maximum atomic E-state index is 12.0. The van der Waals surface area contributed by atoms with Gasteiger partial charge in [0, 0.05) is 10.8 Å². The lowest BCUT2D eigenvalue weighted by Crippen LogP contribution is -2.04. The Morgan fingerprint density at radius 1 is 1.11 bits per heavy atom. The first kappa shape index (κ1) is 11.8. The highest BCUT2D eigenvalue weighted by Crippen LogP contribution is 2.32. The molecule has 0 saturated carbocycles. The minimum absolute atomic E-state index is 0.0731. The van der Waals surface area contributed by atoms with Crippen LogP contribution in [0.4, 0.5) is 0 Å². The maximum absolute atomic E-state index is 12.0. The van der Waals surface area contributed by atoms with Gasteiger partial charge < -0.3 is 9.52 Å². The molecule has 0 saturated heterocycles. The molecule has 0 aliphatic rings. The van der Waals surface area contributed by atoms with Gasteiger partial charge in [0.2, 0.25) is 0 Å². The first-order valence-corrected chi connectivity index (χ1v) is 6.02. The summed E-state index contributed by atoms with van der Waals surface area (Å²) >= 11 is 0. The van der Waals surface area contributed by atoms with E-state index in [0.717, 1.165) is 10.8 Å². The Kier molecular flexibility index (Phi) is 2.59. The topological polar surface area (TPSA) is 50.4 Å². The summed E-state index contributed by atoms with van der Waals surface area (Å²) in [6, 6.07) is 10.6. The molecular formula is C15H11BO3. The molecule has 1 atom stereocenters. The van der Waals surface area contributed by atoms with Crippen LogP contribution in [0.15, 0.2) is 45.6 Å².